The van der Waals surface area contributed by atoms with E-state index in [-0.39, 0.29) is 27.8 Å². The van der Waals surface area contributed by atoms with Gasteiger partial charge in [0.15, 0.2) is 5.78 Å². The third-order valence-electron chi connectivity index (χ3n) is 6.76. The lowest BCUT2D eigenvalue weighted by molar-refractivity contribution is -0.143. The Labute approximate surface area is 181 Å². The summed E-state index contributed by atoms with van der Waals surface area (Å²) in [7, 11) is 0. The van der Waals surface area contributed by atoms with Gasteiger partial charge in [-0.1, -0.05) is 32.4 Å². The molecule has 2 fully saturated rings. The third-order valence-corrected chi connectivity index (χ3v) is 7.07. The number of halogens is 2. The number of hydrogen-bond acceptors (Lipinski definition) is 5. The molecule has 0 saturated heterocycles. The minimum Gasteiger partial charge on any atom is -0.442 e. The first-order chi connectivity index (χ1) is 13.7. The van der Waals surface area contributed by atoms with Crippen LogP contribution >= 0.6 is 11.6 Å². The average Bonchev–Trinajstić information content (AvgIpc) is 2.91. The van der Waals surface area contributed by atoms with Crippen LogP contribution in [-0.4, -0.2) is 28.4 Å². The molecule has 6 nitrogen and oxygen atoms in total. The van der Waals surface area contributed by atoms with E-state index >= 15 is 0 Å². The van der Waals surface area contributed by atoms with Crippen molar-refractivity contribution in [3.8, 4) is 0 Å². The number of Topliss-reactive ketones (excluding diaryl/α,β-unsaturated/α-hetero) is 1. The summed E-state index contributed by atoms with van der Waals surface area (Å²) in [6.07, 6.45) is 0.494. The summed E-state index contributed by atoms with van der Waals surface area (Å²) < 4.78 is 18.8. The molecule has 1 aromatic rings. The SMILES string of the molecule is CC(C)(C)OC(=O)N(Nc1ccc(F)cc1Cl)C(=O)C1C(=O)[C@@]2(C)CC[C@@H]1C2(C)C. The Bertz CT molecular complexity index is 911. The molecule has 1 aromatic carbocycles. The molecule has 3 atom stereocenters. The van der Waals surface area contributed by atoms with Gasteiger partial charge in [-0.25, -0.2) is 9.18 Å². The lowest BCUT2D eigenvalue weighted by atomic mass is 9.70. The van der Waals surface area contributed by atoms with Gasteiger partial charge in [-0.2, -0.15) is 5.01 Å². The summed E-state index contributed by atoms with van der Waals surface area (Å²) >= 11 is 6.08. The van der Waals surface area contributed by atoms with E-state index in [0.717, 1.165) is 25.0 Å². The predicted octanol–water partition coefficient (Wildman–Crippen LogP) is 5.21. The van der Waals surface area contributed by atoms with E-state index in [1.54, 1.807) is 20.8 Å². The number of carbonyl (C=O) groups is 3. The Morgan fingerprint density at radius 3 is 2.40 bits per heavy atom. The van der Waals surface area contributed by atoms with Crippen LogP contribution in [0.2, 0.25) is 5.02 Å². The van der Waals surface area contributed by atoms with Gasteiger partial charge in [-0.05, 0) is 63.1 Å². The van der Waals surface area contributed by atoms with E-state index in [2.05, 4.69) is 5.43 Å². The van der Waals surface area contributed by atoms with E-state index < -0.39 is 34.8 Å². The molecule has 164 valence electrons. The van der Waals surface area contributed by atoms with Crippen molar-refractivity contribution in [1.29, 1.82) is 0 Å². The molecule has 2 bridgehead atoms. The summed E-state index contributed by atoms with van der Waals surface area (Å²) in [6, 6.07) is 3.53. The predicted molar refractivity (Wildman–Crippen MR) is 111 cm³/mol. The number of fused-ring (bicyclic) bond motifs is 2. The number of anilines is 1. The molecule has 0 radical (unpaired) electrons. The molecule has 2 aliphatic rings. The number of ether oxygens (including phenoxy) is 1. The zero-order valence-electron chi connectivity index (χ0n) is 18.1. The molecular weight excluding hydrogens is 411 g/mol. The molecule has 0 spiro atoms. The molecule has 0 heterocycles. The van der Waals surface area contributed by atoms with E-state index in [1.165, 1.54) is 6.07 Å². The van der Waals surface area contributed by atoms with Gasteiger partial charge < -0.3 is 4.74 Å². The van der Waals surface area contributed by atoms with Crippen molar-refractivity contribution in [2.45, 2.75) is 60.0 Å². The van der Waals surface area contributed by atoms with Gasteiger partial charge in [0.1, 0.15) is 17.3 Å². The monoisotopic (exact) mass is 438 g/mol. The van der Waals surface area contributed by atoms with Gasteiger partial charge in [0.25, 0.3) is 5.91 Å². The zero-order valence-corrected chi connectivity index (χ0v) is 18.9. The molecule has 2 aliphatic carbocycles. The number of carbonyl (C=O) groups excluding carboxylic acids is 3. The maximum absolute atomic E-state index is 13.5. The highest BCUT2D eigenvalue weighted by Gasteiger charge is 2.68. The zero-order chi connectivity index (χ0) is 22.6. The number of nitrogens with zero attached hydrogens (tertiary/aromatic N) is 1. The van der Waals surface area contributed by atoms with Crippen LogP contribution in [0.25, 0.3) is 0 Å². The fraction of sp³-hybridized carbons (Fsp3) is 0.591. The van der Waals surface area contributed by atoms with E-state index in [0.29, 0.717) is 5.01 Å². The van der Waals surface area contributed by atoms with Gasteiger partial charge in [0, 0.05) is 5.41 Å². The third kappa shape index (κ3) is 3.57. The molecular formula is C22H28ClFN2O4. The van der Waals surface area contributed by atoms with Gasteiger partial charge in [0.05, 0.1) is 10.7 Å². The first-order valence-corrected chi connectivity index (χ1v) is 10.4. The standard InChI is InChI=1S/C22H28ClFN2O4/c1-20(2,3)30-19(29)26(25-15-8-7-12(24)11-14(15)23)18(28)16-13-9-10-22(6,17(16)27)21(13,4)5/h7-8,11,13,16,25H,9-10H2,1-6H3/t13-,16?,22+/m0/s1. The number of hydrogen-bond donors (Lipinski definition) is 1. The molecule has 30 heavy (non-hydrogen) atoms. The van der Waals surface area contributed by atoms with Crippen molar-refractivity contribution in [2.75, 3.05) is 5.43 Å². The fourth-order valence-electron chi connectivity index (χ4n) is 4.71. The van der Waals surface area contributed by atoms with Gasteiger partial charge >= 0.3 is 6.09 Å². The van der Waals surface area contributed by atoms with Crippen LogP contribution in [-0.2, 0) is 14.3 Å². The van der Waals surface area contributed by atoms with Crippen molar-refractivity contribution in [1.82, 2.24) is 5.01 Å². The fourth-order valence-corrected chi connectivity index (χ4v) is 4.92. The number of imide groups is 1. The highest BCUT2D eigenvalue weighted by atomic mass is 35.5. The first kappa shape index (κ1) is 22.5. The number of benzene rings is 1. The minimum absolute atomic E-state index is 0.0112. The molecule has 2 saturated carbocycles. The second-order valence-electron chi connectivity index (χ2n) is 9.93. The number of ketones is 1. The maximum atomic E-state index is 13.5. The largest absolute Gasteiger partial charge is 0.442 e. The quantitative estimate of drug-likeness (QED) is 0.517. The van der Waals surface area contributed by atoms with Crippen LogP contribution in [0.5, 0.6) is 0 Å². The van der Waals surface area contributed by atoms with Crippen molar-refractivity contribution in [2.24, 2.45) is 22.7 Å². The number of amides is 2. The smallest absolute Gasteiger partial charge is 0.436 e. The normalized spacial score (nSPS) is 27.1. The molecule has 1 N–H and O–H groups in total. The van der Waals surface area contributed by atoms with Crippen LogP contribution in [0.15, 0.2) is 18.2 Å². The highest BCUT2D eigenvalue weighted by Crippen LogP contribution is 2.65. The number of nitrogens with one attached hydrogen (secondary N) is 1. The maximum Gasteiger partial charge on any atom is 0.436 e. The van der Waals surface area contributed by atoms with Crippen molar-refractivity contribution >= 4 is 35.1 Å². The van der Waals surface area contributed by atoms with Crippen LogP contribution in [0.4, 0.5) is 14.9 Å². The Hall–Kier alpha value is -2.15. The Balaban J connectivity index is 1.97. The molecule has 8 heteroatoms. The molecule has 0 aliphatic heterocycles. The summed E-state index contributed by atoms with van der Waals surface area (Å²) in [5.74, 6) is -2.54. The number of hydrazine groups is 1. The van der Waals surface area contributed by atoms with E-state index in [9.17, 15) is 18.8 Å². The molecule has 1 unspecified atom stereocenters. The summed E-state index contributed by atoms with van der Waals surface area (Å²) in [5, 5.41) is 0.690. The first-order valence-electron chi connectivity index (χ1n) is 10.0. The van der Waals surface area contributed by atoms with Crippen LogP contribution < -0.4 is 5.43 Å². The summed E-state index contributed by atoms with van der Waals surface area (Å²) in [6.45, 7) is 10.9. The lowest BCUT2D eigenvalue weighted by Gasteiger charge is -2.32. The van der Waals surface area contributed by atoms with Gasteiger partial charge in [-0.3, -0.25) is 15.0 Å². The topological polar surface area (TPSA) is 75.7 Å². The Morgan fingerprint density at radius 1 is 1.27 bits per heavy atom. The van der Waals surface area contributed by atoms with Crippen molar-refractivity contribution < 1.29 is 23.5 Å². The summed E-state index contributed by atoms with van der Waals surface area (Å²) in [5.41, 5.74) is 0.952. The molecule has 0 aromatic heterocycles. The van der Waals surface area contributed by atoms with Crippen LogP contribution in [0.1, 0.15) is 54.4 Å². The van der Waals surface area contributed by atoms with Crippen molar-refractivity contribution in [3.05, 3.63) is 29.0 Å². The van der Waals surface area contributed by atoms with Gasteiger partial charge in [-0.15, -0.1) is 0 Å². The average molecular weight is 439 g/mol. The number of rotatable bonds is 3. The summed E-state index contributed by atoms with van der Waals surface area (Å²) in [4.78, 5) is 39.6. The second kappa shape index (κ2) is 7.22. The van der Waals surface area contributed by atoms with Gasteiger partial charge in [0.2, 0.25) is 0 Å². The second-order valence-corrected chi connectivity index (χ2v) is 10.3. The Morgan fingerprint density at radius 2 is 1.90 bits per heavy atom. The highest BCUT2D eigenvalue weighted by molar-refractivity contribution is 6.33. The molecule has 3 rings (SSSR count). The Kier molecular flexibility index (Phi) is 5.42. The lowest BCUT2D eigenvalue weighted by Crippen LogP contribution is -2.50. The van der Waals surface area contributed by atoms with Crippen molar-refractivity contribution in [3.63, 3.8) is 0 Å². The van der Waals surface area contributed by atoms with Crippen LogP contribution in [0, 0.1) is 28.5 Å². The minimum atomic E-state index is -0.960. The van der Waals surface area contributed by atoms with E-state index in [4.69, 9.17) is 16.3 Å². The molecule has 2 amide bonds. The van der Waals surface area contributed by atoms with Crippen LogP contribution in [0.3, 0.4) is 0 Å². The van der Waals surface area contributed by atoms with E-state index in [1.807, 2.05) is 20.8 Å².